The number of amides is 2. The Kier molecular flexibility index (Phi) is 5.33. The van der Waals surface area contributed by atoms with Gasteiger partial charge in [-0.2, -0.15) is 0 Å². The molecule has 5 nitrogen and oxygen atoms in total. The van der Waals surface area contributed by atoms with Crippen molar-refractivity contribution in [3.05, 3.63) is 35.9 Å². The average molecular weight is 289 g/mol. The van der Waals surface area contributed by atoms with Crippen molar-refractivity contribution in [2.24, 2.45) is 11.7 Å². The molecule has 2 atom stereocenters. The lowest BCUT2D eigenvalue weighted by molar-refractivity contribution is -0.129. The molecule has 0 spiro atoms. The van der Waals surface area contributed by atoms with E-state index in [9.17, 15) is 9.59 Å². The number of primary amides is 1. The summed E-state index contributed by atoms with van der Waals surface area (Å²) in [6.07, 6.45) is 1.73. The molecule has 1 aromatic carbocycles. The summed E-state index contributed by atoms with van der Waals surface area (Å²) in [6.45, 7) is 3.82. The van der Waals surface area contributed by atoms with Crippen molar-refractivity contribution in [3.63, 3.8) is 0 Å². The van der Waals surface area contributed by atoms with Gasteiger partial charge in [0.05, 0.1) is 12.0 Å². The molecule has 0 bridgehead atoms. The maximum atomic E-state index is 12.2. The van der Waals surface area contributed by atoms with Crippen molar-refractivity contribution in [1.29, 1.82) is 0 Å². The largest absolute Gasteiger partial charge is 0.369 e. The summed E-state index contributed by atoms with van der Waals surface area (Å²) in [5.74, 6) is -0.413. The van der Waals surface area contributed by atoms with Crippen molar-refractivity contribution >= 4 is 11.8 Å². The molecule has 114 valence electrons. The molecule has 1 heterocycles. The van der Waals surface area contributed by atoms with Gasteiger partial charge in [-0.3, -0.25) is 14.5 Å². The predicted molar refractivity (Wildman–Crippen MR) is 81.2 cm³/mol. The van der Waals surface area contributed by atoms with Gasteiger partial charge in [0.15, 0.2) is 0 Å². The highest BCUT2D eigenvalue weighted by Gasteiger charge is 2.29. The highest BCUT2D eigenvalue weighted by molar-refractivity contribution is 5.81. The zero-order valence-corrected chi connectivity index (χ0v) is 12.4. The van der Waals surface area contributed by atoms with E-state index in [2.05, 4.69) is 5.32 Å². The van der Waals surface area contributed by atoms with Crippen molar-refractivity contribution < 1.29 is 9.59 Å². The molecule has 1 aromatic rings. The second-order valence-electron chi connectivity index (χ2n) is 5.62. The Bertz CT molecular complexity index is 490. The summed E-state index contributed by atoms with van der Waals surface area (Å²) in [7, 11) is 0. The topological polar surface area (TPSA) is 75.4 Å². The van der Waals surface area contributed by atoms with Crippen molar-refractivity contribution in [1.82, 2.24) is 10.2 Å². The molecular formula is C16H23N3O2. The van der Waals surface area contributed by atoms with Gasteiger partial charge in [0, 0.05) is 13.1 Å². The third-order valence-electron chi connectivity index (χ3n) is 4.09. The molecule has 21 heavy (non-hydrogen) atoms. The number of rotatable bonds is 5. The van der Waals surface area contributed by atoms with Crippen LogP contribution in [0.5, 0.6) is 0 Å². The second-order valence-corrected chi connectivity index (χ2v) is 5.62. The second kappa shape index (κ2) is 7.22. The standard InChI is InChI=1S/C16H23N3O2/c1-12(19-9-5-8-14(11-19)15(17)20)16(21)18-10-13-6-3-2-4-7-13/h2-4,6-7,12,14H,5,8-11H2,1H3,(H2,17,20)(H,18,21)/t12-,14-/m0/s1. The van der Waals surface area contributed by atoms with E-state index in [0.717, 1.165) is 24.9 Å². The highest BCUT2D eigenvalue weighted by atomic mass is 16.2. The molecule has 1 aliphatic rings. The lowest BCUT2D eigenvalue weighted by Gasteiger charge is -2.34. The van der Waals surface area contributed by atoms with Crippen LogP contribution in [0.4, 0.5) is 0 Å². The van der Waals surface area contributed by atoms with Crippen LogP contribution in [-0.2, 0) is 16.1 Å². The van der Waals surface area contributed by atoms with Gasteiger partial charge >= 0.3 is 0 Å². The van der Waals surface area contributed by atoms with Crippen LogP contribution in [0.25, 0.3) is 0 Å². The molecule has 5 heteroatoms. The van der Waals surface area contributed by atoms with E-state index in [1.165, 1.54) is 0 Å². The van der Waals surface area contributed by atoms with Gasteiger partial charge in [-0.25, -0.2) is 0 Å². The monoisotopic (exact) mass is 289 g/mol. The number of nitrogens with one attached hydrogen (secondary N) is 1. The molecule has 1 saturated heterocycles. The Morgan fingerprint density at radius 2 is 2.10 bits per heavy atom. The fourth-order valence-electron chi connectivity index (χ4n) is 2.69. The van der Waals surface area contributed by atoms with Crippen LogP contribution in [0.15, 0.2) is 30.3 Å². The molecular weight excluding hydrogens is 266 g/mol. The lowest BCUT2D eigenvalue weighted by Crippen LogP contribution is -2.50. The summed E-state index contributed by atoms with van der Waals surface area (Å²) in [6, 6.07) is 9.58. The van der Waals surface area contributed by atoms with Crippen LogP contribution >= 0.6 is 0 Å². The minimum atomic E-state index is -0.267. The number of carbonyl (C=O) groups is 2. The summed E-state index contributed by atoms with van der Waals surface area (Å²) in [5.41, 5.74) is 6.45. The molecule has 0 unspecified atom stereocenters. The Morgan fingerprint density at radius 3 is 2.76 bits per heavy atom. The normalized spacial score (nSPS) is 20.7. The molecule has 1 aliphatic heterocycles. The number of benzene rings is 1. The van der Waals surface area contributed by atoms with Gasteiger partial charge in [0.1, 0.15) is 0 Å². The number of carbonyl (C=O) groups excluding carboxylic acids is 2. The van der Waals surface area contributed by atoms with Crippen LogP contribution in [0.1, 0.15) is 25.3 Å². The van der Waals surface area contributed by atoms with Crippen molar-refractivity contribution in [3.8, 4) is 0 Å². The van der Waals surface area contributed by atoms with Gasteiger partial charge in [-0.05, 0) is 31.9 Å². The smallest absolute Gasteiger partial charge is 0.237 e. The molecule has 0 aromatic heterocycles. The van der Waals surface area contributed by atoms with Gasteiger partial charge in [0.25, 0.3) is 0 Å². The van der Waals surface area contributed by atoms with E-state index in [1.54, 1.807) is 0 Å². The number of likely N-dealkylation sites (tertiary alicyclic amines) is 1. The maximum absolute atomic E-state index is 12.2. The summed E-state index contributed by atoms with van der Waals surface area (Å²) in [4.78, 5) is 25.6. The summed E-state index contributed by atoms with van der Waals surface area (Å²) >= 11 is 0. The van der Waals surface area contributed by atoms with E-state index in [1.807, 2.05) is 42.2 Å². The number of piperidine rings is 1. The van der Waals surface area contributed by atoms with Crippen molar-refractivity contribution in [2.75, 3.05) is 13.1 Å². The van der Waals surface area contributed by atoms with Gasteiger partial charge in [-0.15, -0.1) is 0 Å². The zero-order chi connectivity index (χ0) is 15.2. The third kappa shape index (κ3) is 4.29. The van der Waals surface area contributed by atoms with Gasteiger partial charge in [0.2, 0.25) is 11.8 Å². The first-order valence-corrected chi connectivity index (χ1v) is 7.43. The van der Waals surface area contributed by atoms with E-state index >= 15 is 0 Å². The van der Waals surface area contributed by atoms with Crippen LogP contribution in [-0.4, -0.2) is 35.8 Å². The maximum Gasteiger partial charge on any atom is 0.237 e. The Morgan fingerprint density at radius 1 is 1.38 bits per heavy atom. The van der Waals surface area contributed by atoms with E-state index in [0.29, 0.717) is 13.1 Å². The predicted octanol–water partition coefficient (Wildman–Crippen LogP) is 0.889. The first-order valence-electron chi connectivity index (χ1n) is 7.43. The van der Waals surface area contributed by atoms with Crippen LogP contribution in [0.3, 0.4) is 0 Å². The third-order valence-corrected chi connectivity index (χ3v) is 4.09. The van der Waals surface area contributed by atoms with Crippen LogP contribution in [0, 0.1) is 5.92 Å². The average Bonchev–Trinajstić information content (AvgIpc) is 2.53. The molecule has 0 aliphatic carbocycles. The highest BCUT2D eigenvalue weighted by Crippen LogP contribution is 2.18. The van der Waals surface area contributed by atoms with Gasteiger partial charge in [-0.1, -0.05) is 30.3 Å². The first-order chi connectivity index (χ1) is 10.1. The van der Waals surface area contributed by atoms with Crippen LogP contribution in [0.2, 0.25) is 0 Å². The Balaban J connectivity index is 1.85. The molecule has 2 amide bonds. The fourth-order valence-corrected chi connectivity index (χ4v) is 2.69. The van der Waals surface area contributed by atoms with E-state index in [4.69, 9.17) is 5.73 Å². The SMILES string of the molecule is C[C@@H](C(=O)NCc1ccccc1)N1CCC[C@H](C(N)=O)C1. The number of hydrogen-bond acceptors (Lipinski definition) is 3. The number of nitrogens with zero attached hydrogens (tertiary/aromatic N) is 1. The van der Waals surface area contributed by atoms with Crippen molar-refractivity contribution in [2.45, 2.75) is 32.4 Å². The lowest BCUT2D eigenvalue weighted by atomic mass is 9.96. The minimum absolute atomic E-state index is 0.0102. The Labute approximate surface area is 125 Å². The zero-order valence-electron chi connectivity index (χ0n) is 12.4. The molecule has 1 fully saturated rings. The van der Waals surface area contributed by atoms with Crippen LogP contribution < -0.4 is 11.1 Å². The minimum Gasteiger partial charge on any atom is -0.369 e. The number of nitrogens with two attached hydrogens (primary N) is 1. The van der Waals surface area contributed by atoms with E-state index in [-0.39, 0.29) is 23.8 Å². The summed E-state index contributed by atoms with van der Waals surface area (Å²) < 4.78 is 0. The molecule has 0 radical (unpaired) electrons. The molecule has 3 N–H and O–H groups in total. The van der Waals surface area contributed by atoms with E-state index < -0.39 is 0 Å². The first kappa shape index (κ1) is 15.5. The number of hydrogen-bond donors (Lipinski definition) is 2. The molecule has 2 rings (SSSR count). The van der Waals surface area contributed by atoms with Gasteiger partial charge < -0.3 is 11.1 Å². The molecule has 0 saturated carbocycles. The quantitative estimate of drug-likeness (QED) is 0.845. The Hall–Kier alpha value is -1.88. The fraction of sp³-hybridized carbons (Fsp3) is 0.500. The summed E-state index contributed by atoms with van der Waals surface area (Å²) in [5, 5.41) is 2.94.